The van der Waals surface area contributed by atoms with Gasteiger partial charge in [0.15, 0.2) is 0 Å². The lowest BCUT2D eigenvalue weighted by atomic mass is 10.1. The van der Waals surface area contributed by atoms with Gasteiger partial charge in [0, 0.05) is 0 Å². The number of thiophene rings is 1. The highest BCUT2D eigenvalue weighted by atomic mass is 32.1. The molecule has 3 heteroatoms. The fraction of sp³-hybridized carbons (Fsp3) is 0.300. The third-order valence-corrected chi connectivity index (χ3v) is 2.54. The fourth-order valence-electron chi connectivity index (χ4n) is 1.12. The number of hydrogen-bond donors (Lipinski definition) is 1. The summed E-state index contributed by atoms with van der Waals surface area (Å²) in [7, 11) is 0. The Balaban J connectivity index is 2.83. The lowest BCUT2D eigenvalue weighted by Crippen LogP contribution is -1.97. The Morgan fingerprint density at radius 3 is 2.92 bits per heavy atom. The topological polar surface area (TPSA) is 32.6 Å². The molecule has 0 aliphatic heterocycles. The van der Waals surface area contributed by atoms with E-state index in [1.54, 1.807) is 11.3 Å². The van der Waals surface area contributed by atoms with Gasteiger partial charge in [0.25, 0.3) is 0 Å². The summed E-state index contributed by atoms with van der Waals surface area (Å²) in [5, 5.41) is 16.0. The third-order valence-electron chi connectivity index (χ3n) is 1.84. The lowest BCUT2D eigenvalue weighted by Gasteiger charge is -1.99. The molecule has 1 aromatic heterocycles. The Morgan fingerprint density at radius 1 is 1.69 bits per heavy atom. The second-order valence-corrected chi connectivity index (χ2v) is 3.56. The van der Waals surface area contributed by atoms with Gasteiger partial charge in [0.2, 0.25) is 0 Å². The third kappa shape index (κ3) is 2.70. The number of oxime groups is 1. The predicted molar refractivity (Wildman–Crippen MR) is 57.5 cm³/mol. The molecule has 0 spiro atoms. The van der Waals surface area contributed by atoms with Crippen molar-refractivity contribution < 1.29 is 5.21 Å². The molecular weight excluding hydrogens is 182 g/mol. The highest BCUT2D eigenvalue weighted by molar-refractivity contribution is 7.08. The highest BCUT2D eigenvalue weighted by Gasteiger charge is 1.99. The molecule has 0 atom stereocenters. The van der Waals surface area contributed by atoms with E-state index in [0.717, 1.165) is 23.3 Å². The molecule has 0 bridgehead atoms. The van der Waals surface area contributed by atoms with Crippen LogP contribution in [0.2, 0.25) is 0 Å². The molecule has 1 rings (SSSR count). The van der Waals surface area contributed by atoms with Crippen molar-refractivity contribution in [3.8, 4) is 0 Å². The quantitative estimate of drug-likeness (QED) is 0.447. The molecule has 1 N–H and O–H groups in total. The first kappa shape index (κ1) is 9.99. The molecule has 0 saturated heterocycles. The average molecular weight is 195 g/mol. The Bertz CT molecular complexity index is 312. The Hall–Kier alpha value is -1.09. The molecule has 0 saturated carbocycles. The number of rotatable bonds is 3. The van der Waals surface area contributed by atoms with Gasteiger partial charge in [-0.05, 0) is 47.4 Å². The van der Waals surface area contributed by atoms with Crippen LogP contribution < -0.4 is 0 Å². The van der Waals surface area contributed by atoms with Crippen molar-refractivity contribution in [2.45, 2.75) is 20.3 Å². The normalized spacial score (nSPS) is 13.4. The monoisotopic (exact) mass is 195 g/mol. The number of allylic oxidation sites excluding steroid dienone is 1. The minimum Gasteiger partial charge on any atom is -0.411 e. The molecule has 0 aromatic carbocycles. The van der Waals surface area contributed by atoms with Crippen LogP contribution in [0.4, 0.5) is 0 Å². The van der Waals surface area contributed by atoms with Gasteiger partial charge in [-0.15, -0.1) is 0 Å². The largest absolute Gasteiger partial charge is 0.411 e. The van der Waals surface area contributed by atoms with Crippen LogP contribution in [0.25, 0.3) is 6.08 Å². The zero-order valence-electron chi connectivity index (χ0n) is 7.82. The van der Waals surface area contributed by atoms with Gasteiger partial charge in [-0.2, -0.15) is 11.3 Å². The van der Waals surface area contributed by atoms with Crippen LogP contribution >= 0.6 is 11.3 Å². The van der Waals surface area contributed by atoms with Gasteiger partial charge >= 0.3 is 0 Å². The average Bonchev–Trinajstić information content (AvgIpc) is 2.59. The first-order valence-corrected chi connectivity index (χ1v) is 5.14. The molecule has 1 heterocycles. The molecule has 13 heavy (non-hydrogen) atoms. The van der Waals surface area contributed by atoms with Gasteiger partial charge in [0.05, 0.1) is 5.71 Å². The van der Waals surface area contributed by atoms with E-state index in [1.807, 2.05) is 31.4 Å². The van der Waals surface area contributed by atoms with Crippen molar-refractivity contribution >= 4 is 23.1 Å². The SMILES string of the molecule is CCC(=NO)C(C)=Cc1ccsc1. The summed E-state index contributed by atoms with van der Waals surface area (Å²) in [4.78, 5) is 0. The lowest BCUT2D eigenvalue weighted by molar-refractivity contribution is 0.318. The smallest absolute Gasteiger partial charge is 0.0822 e. The Labute approximate surface area is 82.2 Å². The van der Waals surface area contributed by atoms with E-state index in [2.05, 4.69) is 10.5 Å². The Kier molecular flexibility index (Phi) is 3.71. The van der Waals surface area contributed by atoms with Crippen LogP contribution in [-0.4, -0.2) is 10.9 Å². The van der Waals surface area contributed by atoms with Gasteiger partial charge in [0.1, 0.15) is 0 Å². The molecule has 2 nitrogen and oxygen atoms in total. The van der Waals surface area contributed by atoms with E-state index in [0.29, 0.717) is 0 Å². The van der Waals surface area contributed by atoms with Gasteiger partial charge in [-0.1, -0.05) is 12.1 Å². The first-order valence-electron chi connectivity index (χ1n) is 4.19. The second-order valence-electron chi connectivity index (χ2n) is 2.78. The molecule has 0 fully saturated rings. The molecule has 0 aliphatic rings. The minimum absolute atomic E-state index is 0.742. The van der Waals surface area contributed by atoms with E-state index in [1.165, 1.54) is 0 Å². The summed E-state index contributed by atoms with van der Waals surface area (Å²) in [5.41, 5.74) is 2.92. The summed E-state index contributed by atoms with van der Waals surface area (Å²) in [6.45, 7) is 3.93. The molecule has 0 unspecified atom stereocenters. The van der Waals surface area contributed by atoms with E-state index in [-0.39, 0.29) is 0 Å². The predicted octanol–water partition coefficient (Wildman–Crippen LogP) is 3.39. The zero-order valence-corrected chi connectivity index (χ0v) is 8.64. The maximum Gasteiger partial charge on any atom is 0.0822 e. The van der Waals surface area contributed by atoms with Crippen molar-refractivity contribution in [2.24, 2.45) is 5.16 Å². The van der Waals surface area contributed by atoms with Crippen molar-refractivity contribution in [1.29, 1.82) is 0 Å². The fourth-order valence-corrected chi connectivity index (χ4v) is 1.74. The minimum atomic E-state index is 0.742. The summed E-state index contributed by atoms with van der Waals surface area (Å²) < 4.78 is 0. The van der Waals surface area contributed by atoms with Crippen LogP contribution in [0.5, 0.6) is 0 Å². The standard InChI is InChI=1S/C10H13NOS/c1-3-10(11-12)8(2)6-9-4-5-13-7-9/h4-7,12H,3H2,1-2H3. The molecule has 1 aromatic rings. The van der Waals surface area contributed by atoms with Gasteiger partial charge < -0.3 is 5.21 Å². The maximum atomic E-state index is 8.67. The van der Waals surface area contributed by atoms with Crippen LogP contribution in [-0.2, 0) is 0 Å². The molecular formula is C10H13NOS. The van der Waals surface area contributed by atoms with Crippen LogP contribution in [0, 0.1) is 0 Å². The van der Waals surface area contributed by atoms with Crippen LogP contribution in [0.1, 0.15) is 25.8 Å². The highest BCUT2D eigenvalue weighted by Crippen LogP contribution is 2.12. The maximum absolute atomic E-state index is 8.67. The summed E-state index contributed by atoms with van der Waals surface area (Å²) in [5.74, 6) is 0. The van der Waals surface area contributed by atoms with Crippen LogP contribution in [0.15, 0.2) is 27.6 Å². The van der Waals surface area contributed by atoms with Crippen molar-refractivity contribution in [1.82, 2.24) is 0 Å². The van der Waals surface area contributed by atoms with Crippen molar-refractivity contribution in [3.05, 3.63) is 28.0 Å². The van der Waals surface area contributed by atoms with E-state index in [4.69, 9.17) is 5.21 Å². The van der Waals surface area contributed by atoms with Gasteiger partial charge in [-0.25, -0.2) is 0 Å². The van der Waals surface area contributed by atoms with Gasteiger partial charge in [-0.3, -0.25) is 0 Å². The van der Waals surface area contributed by atoms with E-state index in [9.17, 15) is 0 Å². The summed E-state index contributed by atoms with van der Waals surface area (Å²) in [6, 6.07) is 2.04. The molecule has 70 valence electrons. The summed E-state index contributed by atoms with van der Waals surface area (Å²) in [6.07, 6.45) is 2.78. The van der Waals surface area contributed by atoms with Crippen molar-refractivity contribution in [2.75, 3.05) is 0 Å². The number of nitrogens with zero attached hydrogens (tertiary/aromatic N) is 1. The van der Waals surface area contributed by atoms with Crippen molar-refractivity contribution in [3.63, 3.8) is 0 Å². The van der Waals surface area contributed by atoms with E-state index >= 15 is 0 Å². The van der Waals surface area contributed by atoms with Crippen LogP contribution in [0.3, 0.4) is 0 Å². The molecule has 0 aliphatic carbocycles. The molecule has 0 radical (unpaired) electrons. The molecule has 0 amide bonds. The van der Waals surface area contributed by atoms with E-state index < -0.39 is 0 Å². The second kappa shape index (κ2) is 4.82. The first-order chi connectivity index (χ1) is 6.27. The Morgan fingerprint density at radius 2 is 2.46 bits per heavy atom. The number of hydrogen-bond acceptors (Lipinski definition) is 3. The zero-order chi connectivity index (χ0) is 9.68. The summed E-state index contributed by atoms with van der Waals surface area (Å²) >= 11 is 1.66.